The molecule has 6 aromatic rings. The highest BCUT2D eigenvalue weighted by atomic mass is 32.2. The van der Waals surface area contributed by atoms with Crippen molar-refractivity contribution in [3.8, 4) is 0 Å². The lowest BCUT2D eigenvalue weighted by molar-refractivity contribution is 1.47. The normalized spacial score (nSPS) is 11.0. The Morgan fingerprint density at radius 3 is 1.14 bits per heavy atom. The topological polar surface area (TPSA) is 24.1 Å². The maximum Gasteiger partial charge on any atom is 0.0464 e. The molecule has 0 saturated carbocycles. The minimum absolute atomic E-state index is 1.09. The number of anilines is 4. The van der Waals surface area contributed by atoms with Crippen molar-refractivity contribution in [3.05, 3.63) is 133 Å². The van der Waals surface area contributed by atoms with E-state index in [9.17, 15) is 0 Å². The molecule has 0 aromatic heterocycles. The Kier molecular flexibility index (Phi) is 5.83. The second kappa shape index (κ2) is 9.57. The molecule has 0 unspecified atom stereocenters. The van der Waals surface area contributed by atoms with Gasteiger partial charge in [-0.05, 0) is 59.3 Å². The summed E-state index contributed by atoms with van der Waals surface area (Å²) in [5, 5.41) is 12.1. The van der Waals surface area contributed by atoms with Gasteiger partial charge in [0.05, 0.1) is 0 Å². The maximum absolute atomic E-state index is 3.58. The van der Waals surface area contributed by atoms with E-state index in [0.717, 1.165) is 22.7 Å². The number of fused-ring (bicyclic) bond motifs is 2. The molecule has 0 saturated heterocycles. The van der Waals surface area contributed by atoms with E-state index >= 15 is 0 Å². The number of rotatable bonds is 6. The lowest BCUT2D eigenvalue weighted by Gasteiger charge is -2.15. The predicted molar refractivity (Wildman–Crippen MR) is 151 cm³/mol. The van der Waals surface area contributed by atoms with Crippen LogP contribution in [0.15, 0.2) is 143 Å². The molecular weight excluding hydrogens is 444 g/mol. The number of para-hydroxylation sites is 2. The zero-order chi connectivity index (χ0) is 23.5. The Hall–Kier alpha value is -4.21. The van der Waals surface area contributed by atoms with E-state index < -0.39 is 0 Å². The van der Waals surface area contributed by atoms with Crippen molar-refractivity contribution in [2.45, 2.75) is 9.79 Å². The number of hydrogen-bond acceptors (Lipinski definition) is 3. The fourth-order valence-electron chi connectivity index (χ4n) is 4.41. The lowest BCUT2D eigenvalue weighted by atomic mass is 10.1. The highest BCUT2D eigenvalue weighted by molar-refractivity contribution is 7.99. The SMILES string of the molecule is c1ccc(Nc2ccc(Sc3ccc(Nc4ccccc4)c4ccccc34)c3ccccc23)cc1. The van der Waals surface area contributed by atoms with E-state index in [1.54, 1.807) is 0 Å². The summed E-state index contributed by atoms with van der Waals surface area (Å²) >= 11 is 1.82. The highest BCUT2D eigenvalue weighted by Crippen LogP contribution is 2.41. The molecule has 0 aliphatic rings. The fourth-order valence-corrected chi connectivity index (χ4v) is 5.50. The van der Waals surface area contributed by atoms with Crippen LogP contribution in [0.25, 0.3) is 21.5 Å². The van der Waals surface area contributed by atoms with Gasteiger partial charge in [-0.3, -0.25) is 0 Å². The van der Waals surface area contributed by atoms with Gasteiger partial charge in [0, 0.05) is 43.3 Å². The summed E-state index contributed by atoms with van der Waals surface area (Å²) in [5.74, 6) is 0. The van der Waals surface area contributed by atoms with Gasteiger partial charge in [-0.15, -0.1) is 0 Å². The van der Waals surface area contributed by atoms with Crippen molar-refractivity contribution >= 4 is 56.1 Å². The molecule has 0 radical (unpaired) electrons. The molecule has 0 amide bonds. The monoisotopic (exact) mass is 468 g/mol. The van der Waals surface area contributed by atoms with Crippen LogP contribution in [0.3, 0.4) is 0 Å². The van der Waals surface area contributed by atoms with E-state index in [1.807, 2.05) is 23.9 Å². The smallest absolute Gasteiger partial charge is 0.0464 e. The number of nitrogens with one attached hydrogen (secondary N) is 2. The summed E-state index contributed by atoms with van der Waals surface area (Å²) in [6.45, 7) is 0. The summed E-state index contributed by atoms with van der Waals surface area (Å²) in [4.78, 5) is 2.49. The van der Waals surface area contributed by atoms with Crippen LogP contribution in [-0.4, -0.2) is 0 Å². The van der Waals surface area contributed by atoms with Gasteiger partial charge >= 0.3 is 0 Å². The Morgan fingerprint density at radius 2 is 0.714 bits per heavy atom. The van der Waals surface area contributed by atoms with Crippen LogP contribution in [0.1, 0.15) is 0 Å². The van der Waals surface area contributed by atoms with Crippen molar-refractivity contribution in [1.29, 1.82) is 0 Å². The third-order valence-electron chi connectivity index (χ3n) is 6.09. The van der Waals surface area contributed by atoms with Crippen molar-refractivity contribution in [2.75, 3.05) is 10.6 Å². The summed E-state index contributed by atoms with van der Waals surface area (Å²) in [6, 6.07) is 46.7. The van der Waals surface area contributed by atoms with Crippen LogP contribution in [0.4, 0.5) is 22.7 Å². The first kappa shape index (κ1) is 21.3. The molecule has 0 fully saturated rings. The molecule has 0 spiro atoms. The first-order valence-corrected chi connectivity index (χ1v) is 12.5. The first-order chi connectivity index (χ1) is 17.3. The van der Waals surface area contributed by atoms with Crippen molar-refractivity contribution in [3.63, 3.8) is 0 Å². The quantitative estimate of drug-likeness (QED) is 0.254. The van der Waals surface area contributed by atoms with E-state index in [1.165, 1.54) is 31.3 Å². The zero-order valence-electron chi connectivity index (χ0n) is 19.1. The molecule has 0 bridgehead atoms. The minimum atomic E-state index is 1.09. The molecule has 2 N–H and O–H groups in total. The van der Waals surface area contributed by atoms with Crippen LogP contribution >= 0.6 is 11.8 Å². The second-order valence-corrected chi connectivity index (χ2v) is 9.48. The van der Waals surface area contributed by atoms with Crippen LogP contribution in [-0.2, 0) is 0 Å². The van der Waals surface area contributed by atoms with Gasteiger partial charge in [0.25, 0.3) is 0 Å². The number of benzene rings is 6. The molecule has 35 heavy (non-hydrogen) atoms. The largest absolute Gasteiger partial charge is 0.355 e. The van der Waals surface area contributed by atoms with Crippen molar-refractivity contribution < 1.29 is 0 Å². The third-order valence-corrected chi connectivity index (χ3v) is 7.25. The average Bonchev–Trinajstić information content (AvgIpc) is 2.92. The molecule has 168 valence electrons. The Balaban J connectivity index is 1.38. The van der Waals surface area contributed by atoms with E-state index in [4.69, 9.17) is 0 Å². The standard InChI is InChI=1S/C32H24N2S/c1-3-11-23(12-4-1)33-29-19-21-31(27-17-9-7-15-25(27)29)35-32-22-20-30(26-16-8-10-18-28(26)32)34-24-13-5-2-6-14-24/h1-22,33-34H. The average molecular weight is 469 g/mol. The molecule has 0 aliphatic carbocycles. The minimum Gasteiger partial charge on any atom is -0.355 e. The van der Waals surface area contributed by atoms with Crippen molar-refractivity contribution in [2.24, 2.45) is 0 Å². The summed E-state index contributed by atoms with van der Waals surface area (Å²) < 4.78 is 0. The molecular formula is C32H24N2S. The third kappa shape index (κ3) is 4.46. The fraction of sp³-hybridized carbons (Fsp3) is 0. The molecule has 6 aromatic carbocycles. The first-order valence-electron chi connectivity index (χ1n) is 11.7. The van der Waals surface area contributed by atoms with E-state index in [0.29, 0.717) is 0 Å². The lowest BCUT2D eigenvalue weighted by Crippen LogP contribution is -1.93. The molecule has 6 rings (SSSR count). The summed E-state index contributed by atoms with van der Waals surface area (Å²) in [6.07, 6.45) is 0. The van der Waals surface area contributed by atoms with Crippen LogP contribution in [0.2, 0.25) is 0 Å². The second-order valence-electron chi connectivity index (χ2n) is 8.40. The molecule has 0 atom stereocenters. The zero-order valence-corrected chi connectivity index (χ0v) is 19.9. The van der Waals surface area contributed by atoms with E-state index in [-0.39, 0.29) is 0 Å². The van der Waals surface area contributed by atoms with Gasteiger partial charge in [-0.1, -0.05) is 96.7 Å². The highest BCUT2D eigenvalue weighted by Gasteiger charge is 2.11. The maximum atomic E-state index is 3.58. The van der Waals surface area contributed by atoms with Gasteiger partial charge in [0.1, 0.15) is 0 Å². The van der Waals surface area contributed by atoms with Gasteiger partial charge in [0.2, 0.25) is 0 Å². The van der Waals surface area contributed by atoms with Crippen LogP contribution in [0, 0.1) is 0 Å². The van der Waals surface area contributed by atoms with Gasteiger partial charge in [-0.2, -0.15) is 0 Å². The molecule has 0 aliphatic heterocycles. The Bertz CT molecular complexity index is 1490. The van der Waals surface area contributed by atoms with Gasteiger partial charge < -0.3 is 10.6 Å². The Morgan fingerprint density at radius 1 is 0.343 bits per heavy atom. The predicted octanol–water partition coefficient (Wildman–Crippen LogP) is 9.63. The van der Waals surface area contributed by atoms with E-state index in [2.05, 4.69) is 132 Å². The number of hydrogen-bond donors (Lipinski definition) is 2. The summed E-state index contributed by atoms with van der Waals surface area (Å²) in [5.41, 5.74) is 4.41. The molecule has 0 heterocycles. The van der Waals surface area contributed by atoms with Crippen molar-refractivity contribution in [1.82, 2.24) is 0 Å². The molecule has 2 nitrogen and oxygen atoms in total. The Labute approximate surface area is 209 Å². The van der Waals surface area contributed by atoms with Gasteiger partial charge in [0.15, 0.2) is 0 Å². The van der Waals surface area contributed by atoms with Crippen LogP contribution in [0.5, 0.6) is 0 Å². The van der Waals surface area contributed by atoms with Gasteiger partial charge in [-0.25, -0.2) is 0 Å². The molecule has 3 heteroatoms. The summed E-state index contributed by atoms with van der Waals surface area (Å²) in [7, 11) is 0. The van der Waals surface area contributed by atoms with Crippen LogP contribution < -0.4 is 10.6 Å².